The third-order valence-corrected chi connectivity index (χ3v) is 2.66. The van der Waals surface area contributed by atoms with Crippen molar-refractivity contribution in [3.63, 3.8) is 0 Å². The Kier molecular flexibility index (Phi) is 4.50. The van der Waals surface area contributed by atoms with Crippen LogP contribution >= 0.6 is 0 Å². The summed E-state index contributed by atoms with van der Waals surface area (Å²) in [6, 6.07) is 15.5. The van der Waals surface area contributed by atoms with Crippen LogP contribution in [0.4, 0.5) is 5.69 Å². The normalized spacial score (nSPS) is 9.85. The molecule has 0 saturated heterocycles. The smallest absolute Gasteiger partial charge is 0.343 e. The molecule has 0 aliphatic heterocycles. The summed E-state index contributed by atoms with van der Waals surface area (Å²) in [4.78, 5) is 23.2. The molecule has 1 N–H and O–H groups in total. The number of esters is 1. The Labute approximate surface area is 117 Å². The minimum atomic E-state index is -0.426. The summed E-state index contributed by atoms with van der Waals surface area (Å²) in [5.41, 5.74) is 1.09. The number of nitrogens with one attached hydrogen (secondary N) is 1. The molecule has 102 valence electrons. The number of hydrogen-bond donors (Lipinski definition) is 1. The molecular formula is C16H15NO3. The summed E-state index contributed by atoms with van der Waals surface area (Å²) in [7, 11) is 0. The summed E-state index contributed by atoms with van der Waals surface area (Å²) >= 11 is 0. The van der Waals surface area contributed by atoms with Crippen molar-refractivity contribution in [1.29, 1.82) is 0 Å². The number of anilines is 1. The van der Waals surface area contributed by atoms with Crippen molar-refractivity contribution in [2.45, 2.75) is 13.3 Å². The molecule has 0 heterocycles. The van der Waals surface area contributed by atoms with E-state index in [0.717, 1.165) is 0 Å². The second-order valence-electron chi connectivity index (χ2n) is 4.19. The van der Waals surface area contributed by atoms with Crippen LogP contribution in [0, 0.1) is 0 Å². The largest absolute Gasteiger partial charge is 0.423 e. The first-order chi connectivity index (χ1) is 9.69. The lowest BCUT2D eigenvalue weighted by molar-refractivity contribution is -0.115. The first-order valence-corrected chi connectivity index (χ1v) is 6.36. The summed E-state index contributed by atoms with van der Waals surface area (Å²) < 4.78 is 5.27. The highest BCUT2D eigenvalue weighted by Crippen LogP contribution is 2.18. The second-order valence-corrected chi connectivity index (χ2v) is 4.19. The molecule has 4 heteroatoms. The van der Waals surface area contributed by atoms with Crippen molar-refractivity contribution < 1.29 is 14.3 Å². The van der Waals surface area contributed by atoms with E-state index in [4.69, 9.17) is 4.74 Å². The van der Waals surface area contributed by atoms with E-state index in [2.05, 4.69) is 5.32 Å². The van der Waals surface area contributed by atoms with Crippen molar-refractivity contribution in [3.8, 4) is 5.75 Å². The summed E-state index contributed by atoms with van der Waals surface area (Å²) in [6.07, 6.45) is 0.397. The van der Waals surface area contributed by atoms with E-state index in [0.29, 0.717) is 23.4 Å². The number of hydrogen-bond acceptors (Lipinski definition) is 3. The highest BCUT2D eigenvalue weighted by molar-refractivity contribution is 5.92. The minimum absolute atomic E-state index is 0.0865. The van der Waals surface area contributed by atoms with Gasteiger partial charge in [0.15, 0.2) is 0 Å². The third kappa shape index (κ3) is 3.68. The molecule has 0 spiro atoms. The summed E-state index contributed by atoms with van der Waals surface area (Å²) in [5, 5.41) is 2.71. The van der Waals surface area contributed by atoms with E-state index in [1.165, 1.54) is 0 Å². The van der Waals surface area contributed by atoms with Gasteiger partial charge in [-0.1, -0.05) is 31.2 Å². The van der Waals surface area contributed by atoms with Gasteiger partial charge in [0, 0.05) is 18.2 Å². The summed E-state index contributed by atoms with van der Waals surface area (Å²) in [6.45, 7) is 1.77. The van der Waals surface area contributed by atoms with Gasteiger partial charge in [0.2, 0.25) is 5.91 Å². The van der Waals surface area contributed by atoms with Crippen LogP contribution in [0.15, 0.2) is 54.6 Å². The van der Waals surface area contributed by atoms with Gasteiger partial charge in [-0.25, -0.2) is 4.79 Å². The molecular weight excluding hydrogens is 254 g/mol. The number of carbonyl (C=O) groups excluding carboxylic acids is 2. The zero-order chi connectivity index (χ0) is 14.4. The SMILES string of the molecule is CCC(=O)Nc1cccc(OC(=O)c2ccccc2)c1. The molecule has 0 radical (unpaired) electrons. The van der Waals surface area contributed by atoms with Gasteiger partial charge in [-0.3, -0.25) is 4.79 Å². The maximum absolute atomic E-state index is 11.9. The fourth-order valence-corrected chi connectivity index (χ4v) is 1.63. The zero-order valence-corrected chi connectivity index (χ0v) is 11.1. The van der Waals surface area contributed by atoms with Gasteiger partial charge in [-0.15, -0.1) is 0 Å². The summed E-state index contributed by atoms with van der Waals surface area (Å²) in [5.74, 6) is -0.117. The van der Waals surface area contributed by atoms with Crippen LogP contribution in [0.3, 0.4) is 0 Å². The van der Waals surface area contributed by atoms with Crippen LogP contribution < -0.4 is 10.1 Å². The number of carbonyl (C=O) groups is 2. The van der Waals surface area contributed by atoms with Gasteiger partial charge in [-0.05, 0) is 24.3 Å². The molecule has 0 unspecified atom stereocenters. The van der Waals surface area contributed by atoms with Crippen molar-refractivity contribution >= 4 is 17.6 Å². The lowest BCUT2D eigenvalue weighted by Crippen LogP contribution is -2.11. The van der Waals surface area contributed by atoms with Gasteiger partial charge in [0.25, 0.3) is 0 Å². The lowest BCUT2D eigenvalue weighted by Gasteiger charge is -2.07. The van der Waals surface area contributed by atoms with Crippen LogP contribution in [0.2, 0.25) is 0 Å². The number of amides is 1. The molecule has 0 fully saturated rings. The third-order valence-electron chi connectivity index (χ3n) is 2.66. The van der Waals surface area contributed by atoms with E-state index in [1.807, 2.05) is 6.07 Å². The molecule has 4 nitrogen and oxygen atoms in total. The van der Waals surface area contributed by atoms with Gasteiger partial charge < -0.3 is 10.1 Å². The Morgan fingerprint density at radius 2 is 1.80 bits per heavy atom. The van der Waals surface area contributed by atoms with Gasteiger partial charge in [0.05, 0.1) is 5.56 Å². The number of benzene rings is 2. The zero-order valence-electron chi connectivity index (χ0n) is 11.1. The average Bonchev–Trinajstić information content (AvgIpc) is 2.48. The monoisotopic (exact) mass is 269 g/mol. The Morgan fingerprint density at radius 3 is 2.50 bits per heavy atom. The van der Waals surface area contributed by atoms with Crippen molar-refractivity contribution in [3.05, 3.63) is 60.2 Å². The molecule has 0 atom stereocenters. The van der Waals surface area contributed by atoms with Crippen molar-refractivity contribution in [2.24, 2.45) is 0 Å². The maximum Gasteiger partial charge on any atom is 0.343 e. The molecule has 0 bridgehead atoms. The van der Waals surface area contributed by atoms with E-state index in [-0.39, 0.29) is 5.91 Å². The fraction of sp³-hybridized carbons (Fsp3) is 0.125. The van der Waals surface area contributed by atoms with E-state index in [1.54, 1.807) is 55.5 Å². The van der Waals surface area contributed by atoms with Crippen molar-refractivity contribution in [2.75, 3.05) is 5.32 Å². The van der Waals surface area contributed by atoms with E-state index < -0.39 is 5.97 Å². The molecule has 2 aromatic rings. The molecule has 0 aliphatic rings. The fourth-order valence-electron chi connectivity index (χ4n) is 1.63. The van der Waals surface area contributed by atoms with E-state index in [9.17, 15) is 9.59 Å². The molecule has 2 rings (SSSR count). The highest BCUT2D eigenvalue weighted by atomic mass is 16.5. The minimum Gasteiger partial charge on any atom is -0.423 e. The lowest BCUT2D eigenvalue weighted by atomic mass is 10.2. The first-order valence-electron chi connectivity index (χ1n) is 6.36. The highest BCUT2D eigenvalue weighted by Gasteiger charge is 2.08. The maximum atomic E-state index is 11.9. The van der Waals surface area contributed by atoms with Crippen molar-refractivity contribution in [1.82, 2.24) is 0 Å². The molecule has 0 saturated carbocycles. The van der Waals surface area contributed by atoms with Crippen LogP contribution in [0.25, 0.3) is 0 Å². The quantitative estimate of drug-likeness (QED) is 0.684. The topological polar surface area (TPSA) is 55.4 Å². The predicted octanol–water partition coefficient (Wildman–Crippen LogP) is 3.25. The Balaban J connectivity index is 2.08. The van der Waals surface area contributed by atoms with Crippen LogP contribution in [0.5, 0.6) is 5.75 Å². The number of rotatable bonds is 4. The average molecular weight is 269 g/mol. The Hall–Kier alpha value is -2.62. The Bertz CT molecular complexity index is 608. The molecule has 2 aromatic carbocycles. The second kappa shape index (κ2) is 6.52. The number of ether oxygens (including phenoxy) is 1. The molecule has 1 amide bonds. The Morgan fingerprint density at radius 1 is 1.05 bits per heavy atom. The molecule has 0 aromatic heterocycles. The van der Waals surface area contributed by atoms with Gasteiger partial charge >= 0.3 is 5.97 Å². The van der Waals surface area contributed by atoms with E-state index >= 15 is 0 Å². The van der Waals surface area contributed by atoms with Gasteiger partial charge in [-0.2, -0.15) is 0 Å². The van der Waals surface area contributed by atoms with Crippen LogP contribution in [-0.2, 0) is 4.79 Å². The predicted molar refractivity (Wildman–Crippen MR) is 76.8 cm³/mol. The molecule has 0 aliphatic carbocycles. The van der Waals surface area contributed by atoms with Crippen LogP contribution in [-0.4, -0.2) is 11.9 Å². The molecule has 20 heavy (non-hydrogen) atoms. The standard InChI is InChI=1S/C16H15NO3/c1-2-15(18)17-13-9-6-10-14(11-13)20-16(19)12-7-4-3-5-8-12/h3-11H,2H2,1H3,(H,17,18). The first kappa shape index (κ1) is 13.8. The van der Waals surface area contributed by atoms with Crippen LogP contribution in [0.1, 0.15) is 23.7 Å². The van der Waals surface area contributed by atoms with Gasteiger partial charge in [0.1, 0.15) is 5.75 Å².